The average Bonchev–Trinajstić information content (AvgIpc) is 3.12. The number of hydrogen-bond acceptors (Lipinski definition) is 5. The van der Waals surface area contributed by atoms with E-state index < -0.39 is 0 Å². The molecule has 7 heteroatoms. The lowest BCUT2D eigenvalue weighted by Gasteiger charge is -2.44. The molecule has 0 bridgehead atoms. The van der Waals surface area contributed by atoms with Crippen molar-refractivity contribution >= 4 is 11.6 Å². The van der Waals surface area contributed by atoms with Crippen LogP contribution in [0.2, 0.25) is 5.02 Å². The highest BCUT2D eigenvalue weighted by atomic mass is 35.5. The molecule has 2 fully saturated rings. The predicted molar refractivity (Wildman–Crippen MR) is 108 cm³/mol. The van der Waals surface area contributed by atoms with Gasteiger partial charge in [-0.1, -0.05) is 23.7 Å². The van der Waals surface area contributed by atoms with Gasteiger partial charge in [0, 0.05) is 62.4 Å². The molecule has 0 saturated carbocycles. The van der Waals surface area contributed by atoms with Gasteiger partial charge < -0.3 is 10.0 Å². The fraction of sp³-hybridized carbons (Fsp3) is 0.550. The fourth-order valence-electron chi connectivity index (χ4n) is 4.25. The number of benzene rings is 1. The maximum Gasteiger partial charge on any atom is 0.0822 e. The molecule has 0 aliphatic carbocycles. The van der Waals surface area contributed by atoms with E-state index in [1.54, 1.807) is 0 Å². The lowest BCUT2D eigenvalue weighted by molar-refractivity contribution is -0.0285. The third-order valence-electron chi connectivity index (χ3n) is 5.88. The number of aliphatic hydroxyl groups is 1. The van der Waals surface area contributed by atoms with Gasteiger partial charge in [0.25, 0.3) is 0 Å². The van der Waals surface area contributed by atoms with Gasteiger partial charge >= 0.3 is 0 Å². The second-order valence-corrected chi connectivity index (χ2v) is 8.21. The number of aromatic amines is 1. The van der Waals surface area contributed by atoms with Crippen molar-refractivity contribution in [1.82, 2.24) is 24.9 Å². The van der Waals surface area contributed by atoms with Crippen molar-refractivity contribution in [1.29, 1.82) is 0 Å². The van der Waals surface area contributed by atoms with Crippen LogP contribution in [0.4, 0.5) is 0 Å². The number of halogens is 1. The van der Waals surface area contributed by atoms with Crippen LogP contribution in [0.25, 0.3) is 11.3 Å². The van der Waals surface area contributed by atoms with Crippen LogP contribution in [0.3, 0.4) is 0 Å². The number of H-pyrrole nitrogens is 1. The van der Waals surface area contributed by atoms with Gasteiger partial charge in [0.1, 0.15) is 0 Å². The van der Waals surface area contributed by atoms with Crippen LogP contribution >= 0.6 is 11.6 Å². The molecule has 27 heavy (non-hydrogen) atoms. The van der Waals surface area contributed by atoms with E-state index in [2.05, 4.69) is 31.9 Å². The van der Waals surface area contributed by atoms with Gasteiger partial charge in [-0.05, 0) is 31.2 Å². The largest absolute Gasteiger partial charge is 0.390 e. The zero-order chi connectivity index (χ0) is 18.8. The molecule has 2 atom stereocenters. The Kier molecular flexibility index (Phi) is 5.80. The lowest BCUT2D eigenvalue weighted by Crippen LogP contribution is -2.58. The Morgan fingerprint density at radius 3 is 2.59 bits per heavy atom. The highest BCUT2D eigenvalue weighted by molar-refractivity contribution is 6.30. The summed E-state index contributed by atoms with van der Waals surface area (Å²) in [5, 5.41) is 18.9. The molecule has 6 nitrogen and oxygen atoms in total. The van der Waals surface area contributed by atoms with E-state index in [9.17, 15) is 5.11 Å². The van der Waals surface area contributed by atoms with Gasteiger partial charge in [-0.15, -0.1) is 0 Å². The Bertz CT molecular complexity index is 741. The van der Waals surface area contributed by atoms with E-state index in [1.807, 2.05) is 30.5 Å². The SMILES string of the molecule is CN1CCN([C@@H]2CCN(Cc3cn[nH]c3-c3ccc(Cl)cc3)C[C@H]2O)CC1. The molecule has 2 N–H and O–H groups in total. The maximum absolute atomic E-state index is 10.8. The van der Waals surface area contributed by atoms with Crippen molar-refractivity contribution in [3.8, 4) is 11.3 Å². The summed E-state index contributed by atoms with van der Waals surface area (Å²) in [4.78, 5) is 7.16. The summed E-state index contributed by atoms with van der Waals surface area (Å²) >= 11 is 6.00. The third-order valence-corrected chi connectivity index (χ3v) is 6.13. The molecule has 1 aromatic carbocycles. The van der Waals surface area contributed by atoms with E-state index in [1.165, 1.54) is 0 Å². The zero-order valence-corrected chi connectivity index (χ0v) is 16.6. The van der Waals surface area contributed by atoms with Crippen LogP contribution in [0.5, 0.6) is 0 Å². The molecule has 0 unspecified atom stereocenters. The minimum atomic E-state index is -0.298. The molecule has 1 aromatic heterocycles. The predicted octanol–water partition coefficient (Wildman–Crippen LogP) is 1.91. The molecule has 2 aliphatic rings. The first-order valence-corrected chi connectivity index (χ1v) is 10.1. The van der Waals surface area contributed by atoms with E-state index in [-0.39, 0.29) is 12.1 Å². The van der Waals surface area contributed by atoms with Crippen LogP contribution < -0.4 is 0 Å². The number of nitrogens with one attached hydrogen (secondary N) is 1. The first-order chi connectivity index (χ1) is 13.1. The second kappa shape index (κ2) is 8.29. The van der Waals surface area contributed by atoms with Gasteiger partial charge in [0.15, 0.2) is 0 Å². The number of likely N-dealkylation sites (N-methyl/N-ethyl adjacent to an activating group) is 1. The van der Waals surface area contributed by atoms with Crippen molar-refractivity contribution in [2.24, 2.45) is 0 Å². The molecule has 2 saturated heterocycles. The Balaban J connectivity index is 1.38. The normalized spacial score (nSPS) is 25.7. The zero-order valence-electron chi connectivity index (χ0n) is 15.8. The molecule has 2 aromatic rings. The highest BCUT2D eigenvalue weighted by Gasteiger charge is 2.33. The number of likely N-dealkylation sites (tertiary alicyclic amines) is 1. The van der Waals surface area contributed by atoms with Crippen LogP contribution in [-0.4, -0.2) is 88.5 Å². The maximum atomic E-state index is 10.8. The summed E-state index contributed by atoms with van der Waals surface area (Å²) < 4.78 is 0. The molecule has 0 spiro atoms. The minimum absolute atomic E-state index is 0.287. The van der Waals surface area contributed by atoms with E-state index in [0.717, 1.165) is 67.5 Å². The first kappa shape index (κ1) is 18.9. The van der Waals surface area contributed by atoms with Crippen molar-refractivity contribution in [2.45, 2.75) is 25.1 Å². The molecule has 4 rings (SSSR count). The molecule has 3 heterocycles. The van der Waals surface area contributed by atoms with Gasteiger partial charge in [-0.3, -0.25) is 14.9 Å². The molecule has 146 valence electrons. The Morgan fingerprint density at radius 1 is 1.15 bits per heavy atom. The van der Waals surface area contributed by atoms with Crippen molar-refractivity contribution in [3.63, 3.8) is 0 Å². The summed E-state index contributed by atoms with van der Waals surface area (Å²) in [6.07, 6.45) is 2.61. The van der Waals surface area contributed by atoms with Crippen LogP contribution in [-0.2, 0) is 6.54 Å². The van der Waals surface area contributed by atoms with Crippen molar-refractivity contribution in [2.75, 3.05) is 46.3 Å². The third kappa shape index (κ3) is 4.36. The molecular formula is C20H28ClN5O. The molecule has 0 radical (unpaired) electrons. The van der Waals surface area contributed by atoms with E-state index in [4.69, 9.17) is 11.6 Å². The number of piperidine rings is 1. The first-order valence-electron chi connectivity index (χ1n) is 9.71. The van der Waals surface area contributed by atoms with E-state index in [0.29, 0.717) is 6.54 Å². The van der Waals surface area contributed by atoms with Gasteiger partial charge in [-0.2, -0.15) is 5.10 Å². The number of rotatable bonds is 4. The lowest BCUT2D eigenvalue weighted by atomic mass is 9.98. The van der Waals surface area contributed by atoms with Gasteiger partial charge in [0.2, 0.25) is 0 Å². The quantitative estimate of drug-likeness (QED) is 0.836. The summed E-state index contributed by atoms with van der Waals surface area (Å²) in [6.45, 7) is 6.79. The smallest absolute Gasteiger partial charge is 0.0822 e. The summed E-state index contributed by atoms with van der Waals surface area (Å²) in [7, 11) is 2.17. The van der Waals surface area contributed by atoms with Crippen molar-refractivity contribution in [3.05, 3.63) is 41.0 Å². The number of β-amino-alcohol motifs (C(OH)–C–C–N with tert-alkyl or cyclic N) is 1. The van der Waals surface area contributed by atoms with Crippen LogP contribution in [0.15, 0.2) is 30.5 Å². The molecule has 0 amide bonds. The molecular weight excluding hydrogens is 362 g/mol. The van der Waals surface area contributed by atoms with Crippen molar-refractivity contribution < 1.29 is 5.11 Å². The Morgan fingerprint density at radius 2 is 1.89 bits per heavy atom. The highest BCUT2D eigenvalue weighted by Crippen LogP contribution is 2.26. The summed E-state index contributed by atoms with van der Waals surface area (Å²) in [6, 6.07) is 8.09. The minimum Gasteiger partial charge on any atom is -0.390 e. The number of aromatic nitrogens is 2. The Labute approximate surface area is 165 Å². The second-order valence-electron chi connectivity index (χ2n) is 7.77. The number of hydrogen-bond donors (Lipinski definition) is 2. The average molecular weight is 390 g/mol. The monoisotopic (exact) mass is 389 g/mol. The number of aliphatic hydroxyl groups excluding tert-OH is 1. The summed E-state index contributed by atoms with van der Waals surface area (Å²) in [5.74, 6) is 0. The van der Waals surface area contributed by atoms with E-state index >= 15 is 0 Å². The fourth-order valence-corrected chi connectivity index (χ4v) is 4.37. The number of piperazine rings is 1. The standard InChI is InChI=1S/C20H28ClN5O/c1-24-8-10-26(11-9-24)18-6-7-25(14-19(18)27)13-16-12-22-23-20(16)15-2-4-17(21)5-3-15/h2-5,12,18-19,27H,6-11,13-14H2,1H3,(H,22,23)/t18-,19-/m1/s1. The molecule has 2 aliphatic heterocycles. The van der Waals surface area contributed by atoms with Gasteiger partial charge in [-0.25, -0.2) is 0 Å². The topological polar surface area (TPSA) is 58.6 Å². The Hall–Kier alpha value is -1.44. The van der Waals surface area contributed by atoms with Crippen LogP contribution in [0, 0.1) is 0 Å². The number of nitrogens with zero attached hydrogens (tertiary/aromatic N) is 4. The van der Waals surface area contributed by atoms with Crippen LogP contribution in [0.1, 0.15) is 12.0 Å². The van der Waals surface area contributed by atoms with Gasteiger partial charge in [0.05, 0.1) is 18.0 Å². The summed E-state index contributed by atoms with van der Waals surface area (Å²) in [5.41, 5.74) is 3.27.